The van der Waals surface area contributed by atoms with Crippen LogP contribution < -0.4 is 5.46 Å². The first-order valence-electron chi connectivity index (χ1n) is 7.20. The summed E-state index contributed by atoms with van der Waals surface area (Å²) in [6, 6.07) is 5.35. The minimum Gasteiger partial charge on any atom is -0.465 e. The van der Waals surface area contributed by atoms with Crippen molar-refractivity contribution in [2.24, 2.45) is 0 Å². The first kappa shape index (κ1) is 16.6. The minimum absolute atomic E-state index is 0.363. The second kappa shape index (κ2) is 5.78. The summed E-state index contributed by atoms with van der Waals surface area (Å²) in [6.45, 7) is 7.17. The molecule has 0 aliphatic rings. The Morgan fingerprint density at radius 3 is 2.55 bits per heavy atom. The predicted molar refractivity (Wildman–Crippen MR) is 87.9 cm³/mol. The maximum Gasteiger partial charge on any atom is 0.337 e. The molecular weight excluding hydrogens is 281 g/mol. The zero-order chi connectivity index (χ0) is 16.5. The average Bonchev–Trinajstić information content (AvgIpc) is 2.85. The number of nitrogens with one attached hydrogen (secondary N) is 1. The molecule has 2 aromatic rings. The quantitative estimate of drug-likeness (QED) is 0.648. The lowest BCUT2D eigenvalue weighted by Crippen LogP contribution is -2.49. The van der Waals surface area contributed by atoms with Crippen LogP contribution in [0, 0.1) is 0 Å². The van der Waals surface area contributed by atoms with Crippen molar-refractivity contribution in [3.8, 4) is 0 Å². The first-order valence-corrected chi connectivity index (χ1v) is 7.20. The summed E-state index contributed by atoms with van der Waals surface area (Å²) in [4.78, 5) is 14.7. The summed E-state index contributed by atoms with van der Waals surface area (Å²) in [5.74, 6) is -0.363. The molecule has 1 aromatic heterocycles. The van der Waals surface area contributed by atoms with Crippen LogP contribution in [0.25, 0.3) is 10.9 Å². The van der Waals surface area contributed by atoms with E-state index in [0.29, 0.717) is 13.0 Å². The highest BCUT2D eigenvalue weighted by Crippen LogP contribution is 2.24. The fraction of sp³-hybridized carbons (Fsp3) is 0.438. The van der Waals surface area contributed by atoms with E-state index in [1.165, 1.54) is 7.11 Å². The summed E-state index contributed by atoms with van der Waals surface area (Å²) in [5, 5.41) is 11.1. The number of aliphatic hydroxyl groups is 1. The Kier molecular flexibility index (Phi) is 4.36. The molecule has 0 radical (unpaired) electrons. The fourth-order valence-electron chi connectivity index (χ4n) is 1.99. The van der Waals surface area contributed by atoms with Crippen molar-refractivity contribution in [2.75, 3.05) is 7.11 Å². The van der Waals surface area contributed by atoms with E-state index in [0.717, 1.165) is 16.4 Å². The molecule has 118 valence electrons. The highest BCUT2D eigenvalue weighted by Gasteiger charge is 2.35. The number of aromatic nitrogens is 1. The topological polar surface area (TPSA) is 71.6 Å². The zero-order valence-corrected chi connectivity index (χ0v) is 13.7. The third kappa shape index (κ3) is 3.18. The lowest BCUT2D eigenvalue weighted by Gasteiger charge is -2.37. The highest BCUT2D eigenvalue weighted by atomic mass is 16.5. The van der Waals surface area contributed by atoms with Crippen LogP contribution in [0.3, 0.4) is 0 Å². The van der Waals surface area contributed by atoms with Crippen LogP contribution in [0.2, 0.25) is 0 Å². The Morgan fingerprint density at radius 2 is 1.95 bits per heavy atom. The van der Waals surface area contributed by atoms with E-state index in [4.69, 9.17) is 9.39 Å². The van der Waals surface area contributed by atoms with E-state index < -0.39 is 11.2 Å². The number of hydrogen-bond donors (Lipinski definition) is 2. The standard InChI is InChI=1S/C16H22BNO4/c1-15(2,20)16(3,4)22-17-12-9-18-13-8-10(14(19)21-5)6-7-11(12)13/h6-9,17-18,20H,1-5H3. The van der Waals surface area contributed by atoms with Gasteiger partial charge < -0.3 is 19.5 Å². The third-order valence-corrected chi connectivity index (χ3v) is 4.25. The van der Waals surface area contributed by atoms with Crippen LogP contribution in [0.1, 0.15) is 38.1 Å². The van der Waals surface area contributed by atoms with Gasteiger partial charge >= 0.3 is 13.5 Å². The second-order valence-electron chi connectivity index (χ2n) is 6.42. The first-order chi connectivity index (χ1) is 10.2. The molecule has 22 heavy (non-hydrogen) atoms. The number of carbonyl (C=O) groups is 1. The molecule has 0 aliphatic heterocycles. The van der Waals surface area contributed by atoms with Crippen LogP contribution in [0.4, 0.5) is 0 Å². The molecule has 0 atom stereocenters. The zero-order valence-electron chi connectivity index (χ0n) is 13.7. The van der Waals surface area contributed by atoms with E-state index >= 15 is 0 Å². The summed E-state index contributed by atoms with van der Waals surface area (Å²) < 4.78 is 10.6. The SMILES string of the molecule is COC(=O)c1ccc2c(BOC(C)(C)C(C)(C)O)c[nH]c2c1. The Balaban J connectivity index is 2.22. The average molecular weight is 303 g/mol. The van der Waals surface area contributed by atoms with Crippen LogP contribution >= 0.6 is 0 Å². The molecule has 2 N–H and O–H groups in total. The van der Waals surface area contributed by atoms with Gasteiger partial charge in [-0.3, -0.25) is 0 Å². The molecule has 0 spiro atoms. The molecule has 0 unspecified atom stereocenters. The van der Waals surface area contributed by atoms with E-state index in [2.05, 4.69) is 4.98 Å². The molecular formula is C16H22BNO4. The smallest absolute Gasteiger partial charge is 0.337 e. The van der Waals surface area contributed by atoms with Crippen molar-refractivity contribution in [3.63, 3.8) is 0 Å². The lowest BCUT2D eigenvalue weighted by molar-refractivity contribution is -0.0893. The molecule has 0 aliphatic carbocycles. The number of carbonyl (C=O) groups excluding carboxylic acids is 1. The van der Waals surface area contributed by atoms with Gasteiger partial charge in [0.1, 0.15) is 0 Å². The van der Waals surface area contributed by atoms with Gasteiger partial charge in [-0.15, -0.1) is 0 Å². The summed E-state index contributed by atoms with van der Waals surface area (Å²) in [6.07, 6.45) is 1.85. The molecule has 0 fully saturated rings. The number of rotatable bonds is 5. The molecule has 0 saturated heterocycles. The van der Waals surface area contributed by atoms with Crippen molar-refractivity contribution >= 4 is 29.8 Å². The van der Waals surface area contributed by atoms with Crippen molar-refractivity contribution in [3.05, 3.63) is 30.0 Å². The number of ether oxygens (including phenoxy) is 1. The van der Waals surface area contributed by atoms with Gasteiger partial charge in [0.25, 0.3) is 0 Å². The van der Waals surface area contributed by atoms with Gasteiger partial charge in [-0.2, -0.15) is 0 Å². The third-order valence-electron chi connectivity index (χ3n) is 4.25. The van der Waals surface area contributed by atoms with E-state index in [9.17, 15) is 9.90 Å². The number of methoxy groups -OCH3 is 1. The molecule has 1 aromatic carbocycles. The molecule has 6 heteroatoms. The van der Waals surface area contributed by atoms with E-state index in [1.54, 1.807) is 26.0 Å². The second-order valence-corrected chi connectivity index (χ2v) is 6.42. The Labute approximate surface area is 130 Å². The predicted octanol–water partition coefficient (Wildman–Crippen LogP) is 1.50. The largest absolute Gasteiger partial charge is 0.465 e. The van der Waals surface area contributed by atoms with Crippen LogP contribution in [-0.4, -0.2) is 41.9 Å². The molecule has 0 saturated carbocycles. The van der Waals surface area contributed by atoms with Crippen molar-refractivity contribution < 1.29 is 19.3 Å². The van der Waals surface area contributed by atoms with E-state index in [1.807, 2.05) is 26.1 Å². The molecule has 0 amide bonds. The number of benzene rings is 1. The van der Waals surface area contributed by atoms with Crippen molar-refractivity contribution in [1.82, 2.24) is 4.98 Å². The van der Waals surface area contributed by atoms with Crippen LogP contribution in [0.5, 0.6) is 0 Å². The van der Waals surface area contributed by atoms with Gasteiger partial charge in [0.15, 0.2) is 0 Å². The Bertz CT molecular complexity index is 685. The normalized spacial score (nSPS) is 12.5. The maximum absolute atomic E-state index is 11.5. The van der Waals surface area contributed by atoms with E-state index in [-0.39, 0.29) is 5.97 Å². The number of esters is 1. The molecule has 0 bridgehead atoms. The van der Waals surface area contributed by atoms with Gasteiger partial charge in [0.05, 0.1) is 23.9 Å². The summed E-state index contributed by atoms with van der Waals surface area (Å²) in [5.41, 5.74) is 0.701. The monoisotopic (exact) mass is 303 g/mol. The highest BCUT2D eigenvalue weighted by molar-refractivity contribution is 6.51. The van der Waals surface area contributed by atoms with Crippen LogP contribution in [-0.2, 0) is 9.39 Å². The summed E-state index contributed by atoms with van der Waals surface area (Å²) in [7, 11) is 1.73. The number of H-pyrrole nitrogens is 1. The Morgan fingerprint density at radius 1 is 1.27 bits per heavy atom. The minimum atomic E-state index is -0.947. The maximum atomic E-state index is 11.5. The molecule has 2 rings (SSSR count). The van der Waals surface area contributed by atoms with Gasteiger partial charge in [0.2, 0.25) is 0 Å². The van der Waals surface area contributed by atoms with Gasteiger partial charge in [-0.1, -0.05) is 6.07 Å². The lowest BCUT2D eigenvalue weighted by atomic mass is 9.82. The van der Waals surface area contributed by atoms with Crippen molar-refractivity contribution in [2.45, 2.75) is 38.9 Å². The number of fused-ring (bicyclic) bond motifs is 1. The number of aromatic amines is 1. The van der Waals surface area contributed by atoms with Crippen molar-refractivity contribution in [1.29, 1.82) is 0 Å². The molecule has 5 nitrogen and oxygen atoms in total. The fourth-order valence-corrected chi connectivity index (χ4v) is 1.99. The molecule has 1 heterocycles. The van der Waals surface area contributed by atoms with Gasteiger partial charge in [-0.05, 0) is 56.9 Å². The number of hydrogen-bond acceptors (Lipinski definition) is 4. The Hall–Kier alpha value is -1.79. The van der Waals surface area contributed by atoms with Crippen LogP contribution in [0.15, 0.2) is 24.4 Å². The van der Waals surface area contributed by atoms with Gasteiger partial charge in [0, 0.05) is 5.52 Å². The summed E-state index contributed by atoms with van der Waals surface area (Å²) >= 11 is 0. The van der Waals surface area contributed by atoms with Gasteiger partial charge in [-0.25, -0.2) is 4.79 Å².